The maximum atomic E-state index is 2.30. The van der Waals surface area contributed by atoms with Gasteiger partial charge in [-0.2, -0.15) is 0 Å². The molecule has 0 fully saturated rings. The molecular weight excluding hydrogens is 376 g/mol. The number of thioether (sulfide) groups is 2. The van der Waals surface area contributed by atoms with Crippen molar-refractivity contribution in [1.82, 2.24) is 0 Å². The fourth-order valence-corrected chi connectivity index (χ4v) is 6.34. The van der Waals surface area contributed by atoms with Gasteiger partial charge >= 0.3 is 0 Å². The molecule has 2 rings (SSSR count). The molecule has 0 aliphatic rings. The van der Waals surface area contributed by atoms with Gasteiger partial charge in [-0.25, -0.2) is 0 Å². The zero-order valence-corrected chi connectivity index (χ0v) is 19.4. The standard InChI is InChI=1S/C26H38S2/c1-3-5-7-15-21-25(27-23-17-11-9-12-18-23)26(22-16-8-6-4-2)28-24-19-13-10-14-20-24/h9-14,17-20,25-26H,3-8,15-16,21-22H2,1-2H3/t25-,26+. The van der Waals surface area contributed by atoms with Crippen LogP contribution in [-0.2, 0) is 0 Å². The highest BCUT2D eigenvalue weighted by atomic mass is 32.2. The van der Waals surface area contributed by atoms with Crippen LogP contribution in [0.15, 0.2) is 70.5 Å². The number of rotatable bonds is 15. The van der Waals surface area contributed by atoms with Crippen LogP contribution in [0, 0.1) is 0 Å². The van der Waals surface area contributed by atoms with Crippen LogP contribution in [0.4, 0.5) is 0 Å². The monoisotopic (exact) mass is 414 g/mol. The molecule has 0 amide bonds. The minimum Gasteiger partial charge on any atom is -0.122 e. The number of unbranched alkanes of at least 4 members (excludes halogenated alkanes) is 6. The molecular formula is C26H38S2. The second-order valence-electron chi connectivity index (χ2n) is 7.64. The SMILES string of the molecule is CCCCCC[C@H](Sc1ccccc1)[C@@H](CCCCCC)Sc1ccccc1. The van der Waals surface area contributed by atoms with Crippen molar-refractivity contribution in [2.45, 2.75) is 98.3 Å². The summed E-state index contributed by atoms with van der Waals surface area (Å²) in [7, 11) is 0. The van der Waals surface area contributed by atoms with E-state index in [-0.39, 0.29) is 0 Å². The quantitative estimate of drug-likeness (QED) is 0.210. The summed E-state index contributed by atoms with van der Waals surface area (Å²) in [4.78, 5) is 2.85. The molecule has 28 heavy (non-hydrogen) atoms. The third kappa shape index (κ3) is 9.56. The lowest BCUT2D eigenvalue weighted by molar-refractivity contribution is 0.565. The Kier molecular flexibility index (Phi) is 12.6. The molecule has 154 valence electrons. The molecule has 0 aromatic heterocycles. The first-order valence-electron chi connectivity index (χ1n) is 11.3. The molecule has 0 saturated heterocycles. The van der Waals surface area contributed by atoms with Crippen LogP contribution in [0.1, 0.15) is 78.1 Å². The van der Waals surface area contributed by atoms with Gasteiger partial charge in [-0.15, -0.1) is 23.5 Å². The highest BCUT2D eigenvalue weighted by Gasteiger charge is 2.23. The van der Waals surface area contributed by atoms with E-state index >= 15 is 0 Å². The zero-order chi connectivity index (χ0) is 19.9. The highest BCUT2D eigenvalue weighted by Crippen LogP contribution is 2.39. The highest BCUT2D eigenvalue weighted by molar-refractivity contribution is 8.03. The molecule has 0 N–H and O–H groups in total. The average molecular weight is 415 g/mol. The second kappa shape index (κ2) is 15.0. The molecule has 0 aliphatic carbocycles. The molecule has 0 nitrogen and oxygen atoms in total. The minimum atomic E-state index is 0.686. The topological polar surface area (TPSA) is 0 Å². The Bertz CT molecular complexity index is 541. The van der Waals surface area contributed by atoms with Gasteiger partial charge in [0.05, 0.1) is 0 Å². The van der Waals surface area contributed by atoms with Crippen molar-refractivity contribution in [2.75, 3.05) is 0 Å². The predicted octanol–water partition coefficient (Wildman–Crippen LogP) is 9.25. The molecule has 0 heterocycles. The van der Waals surface area contributed by atoms with Gasteiger partial charge in [0.2, 0.25) is 0 Å². The fraction of sp³-hybridized carbons (Fsp3) is 0.538. The third-order valence-corrected chi connectivity index (χ3v) is 8.16. The number of hydrogen-bond donors (Lipinski definition) is 0. The Labute approximate surface area is 182 Å². The Balaban J connectivity index is 2.08. The summed E-state index contributed by atoms with van der Waals surface area (Å²) in [6.07, 6.45) is 13.5. The Morgan fingerprint density at radius 2 is 0.929 bits per heavy atom. The van der Waals surface area contributed by atoms with E-state index in [1.54, 1.807) is 0 Å². The summed E-state index contributed by atoms with van der Waals surface area (Å²) in [5.41, 5.74) is 0. The first kappa shape index (κ1) is 23.4. The maximum absolute atomic E-state index is 2.30. The van der Waals surface area contributed by atoms with Crippen LogP contribution in [-0.4, -0.2) is 10.5 Å². The largest absolute Gasteiger partial charge is 0.122 e. The van der Waals surface area contributed by atoms with Gasteiger partial charge in [0.15, 0.2) is 0 Å². The predicted molar refractivity (Wildman–Crippen MR) is 130 cm³/mol. The van der Waals surface area contributed by atoms with E-state index in [2.05, 4.69) is 98.0 Å². The first-order valence-corrected chi connectivity index (χ1v) is 13.0. The normalized spacial score (nSPS) is 13.4. The molecule has 2 aromatic rings. The van der Waals surface area contributed by atoms with Gasteiger partial charge in [-0.1, -0.05) is 102 Å². The fourth-order valence-electron chi connectivity index (χ4n) is 3.53. The van der Waals surface area contributed by atoms with Crippen molar-refractivity contribution in [3.63, 3.8) is 0 Å². The van der Waals surface area contributed by atoms with Crippen LogP contribution in [0.5, 0.6) is 0 Å². The minimum absolute atomic E-state index is 0.686. The van der Waals surface area contributed by atoms with Crippen LogP contribution >= 0.6 is 23.5 Å². The van der Waals surface area contributed by atoms with E-state index < -0.39 is 0 Å². The van der Waals surface area contributed by atoms with E-state index in [0.29, 0.717) is 10.5 Å². The van der Waals surface area contributed by atoms with Gasteiger partial charge in [0, 0.05) is 20.3 Å². The summed E-state index contributed by atoms with van der Waals surface area (Å²) in [5.74, 6) is 0. The van der Waals surface area contributed by atoms with E-state index in [4.69, 9.17) is 0 Å². The molecule has 0 unspecified atom stereocenters. The smallest absolute Gasteiger partial charge is 0.0217 e. The van der Waals surface area contributed by atoms with Crippen LogP contribution in [0.3, 0.4) is 0 Å². The Hall–Kier alpha value is -0.860. The van der Waals surface area contributed by atoms with E-state index in [1.165, 1.54) is 74.0 Å². The summed E-state index contributed by atoms with van der Waals surface area (Å²) < 4.78 is 0. The summed E-state index contributed by atoms with van der Waals surface area (Å²) in [6.45, 7) is 4.61. The molecule has 0 saturated carbocycles. The number of benzene rings is 2. The molecule has 0 radical (unpaired) electrons. The van der Waals surface area contributed by atoms with Gasteiger partial charge < -0.3 is 0 Å². The van der Waals surface area contributed by atoms with E-state index in [0.717, 1.165) is 0 Å². The molecule has 0 spiro atoms. The Morgan fingerprint density at radius 3 is 1.29 bits per heavy atom. The van der Waals surface area contributed by atoms with Crippen molar-refractivity contribution in [3.05, 3.63) is 60.7 Å². The molecule has 0 bridgehead atoms. The zero-order valence-electron chi connectivity index (χ0n) is 17.8. The van der Waals surface area contributed by atoms with Crippen LogP contribution in [0.2, 0.25) is 0 Å². The van der Waals surface area contributed by atoms with Crippen molar-refractivity contribution in [2.24, 2.45) is 0 Å². The van der Waals surface area contributed by atoms with Crippen molar-refractivity contribution < 1.29 is 0 Å². The van der Waals surface area contributed by atoms with Gasteiger partial charge in [-0.05, 0) is 37.1 Å². The van der Waals surface area contributed by atoms with Gasteiger partial charge in [0.25, 0.3) is 0 Å². The van der Waals surface area contributed by atoms with E-state index in [9.17, 15) is 0 Å². The average Bonchev–Trinajstić information content (AvgIpc) is 2.74. The molecule has 2 heteroatoms. The summed E-state index contributed by atoms with van der Waals surface area (Å²) >= 11 is 4.23. The van der Waals surface area contributed by atoms with Gasteiger partial charge in [0.1, 0.15) is 0 Å². The molecule has 2 aromatic carbocycles. The van der Waals surface area contributed by atoms with Crippen LogP contribution in [0.25, 0.3) is 0 Å². The van der Waals surface area contributed by atoms with Crippen molar-refractivity contribution in [3.8, 4) is 0 Å². The van der Waals surface area contributed by atoms with Crippen LogP contribution < -0.4 is 0 Å². The van der Waals surface area contributed by atoms with E-state index in [1.807, 2.05) is 0 Å². The van der Waals surface area contributed by atoms with Crippen molar-refractivity contribution >= 4 is 23.5 Å². The van der Waals surface area contributed by atoms with Gasteiger partial charge in [-0.3, -0.25) is 0 Å². The lowest BCUT2D eigenvalue weighted by Gasteiger charge is -2.27. The molecule has 0 aliphatic heterocycles. The summed E-state index contributed by atoms with van der Waals surface area (Å²) in [5, 5.41) is 1.37. The maximum Gasteiger partial charge on any atom is 0.0217 e. The second-order valence-corrected chi connectivity index (χ2v) is 10.3. The lowest BCUT2D eigenvalue weighted by atomic mass is 10.0. The Morgan fingerprint density at radius 1 is 0.536 bits per heavy atom. The number of hydrogen-bond acceptors (Lipinski definition) is 2. The summed E-state index contributed by atoms with van der Waals surface area (Å²) in [6, 6.07) is 22.1. The molecule has 2 atom stereocenters. The third-order valence-electron chi connectivity index (χ3n) is 5.16. The van der Waals surface area contributed by atoms with Crippen molar-refractivity contribution in [1.29, 1.82) is 0 Å². The lowest BCUT2D eigenvalue weighted by Crippen LogP contribution is -2.20. The first-order chi connectivity index (χ1) is 13.8.